The quantitative estimate of drug-likeness (QED) is 0.826. The highest BCUT2D eigenvalue weighted by atomic mass is 16.5. The maximum Gasteiger partial charge on any atom is 0.234 e. The topological polar surface area (TPSA) is 68.6 Å². The van der Waals surface area contributed by atoms with E-state index in [2.05, 4.69) is 22.2 Å². The zero-order valence-corrected chi connectivity index (χ0v) is 17.4. The Hall–Kier alpha value is -2.54. The number of fused-ring (bicyclic) bond motifs is 1. The summed E-state index contributed by atoms with van der Waals surface area (Å²) in [6.45, 7) is 7.73. The molecule has 3 rings (SSSR count). The summed E-state index contributed by atoms with van der Waals surface area (Å²) in [4.78, 5) is 14.8. The van der Waals surface area contributed by atoms with Gasteiger partial charge in [-0.3, -0.25) is 14.4 Å². The molecule has 0 saturated heterocycles. The van der Waals surface area contributed by atoms with E-state index in [1.54, 1.807) is 11.8 Å². The van der Waals surface area contributed by atoms with Crippen molar-refractivity contribution in [1.82, 2.24) is 20.0 Å². The highest BCUT2D eigenvalue weighted by Crippen LogP contribution is 2.29. The van der Waals surface area contributed by atoms with Crippen molar-refractivity contribution in [1.29, 1.82) is 0 Å². The third kappa shape index (κ3) is 4.65. The van der Waals surface area contributed by atoms with Crippen LogP contribution >= 0.6 is 0 Å². The van der Waals surface area contributed by atoms with E-state index in [-0.39, 0.29) is 18.1 Å². The van der Waals surface area contributed by atoms with Gasteiger partial charge in [0, 0.05) is 37.5 Å². The Morgan fingerprint density at radius 1 is 1.46 bits per heavy atom. The highest BCUT2D eigenvalue weighted by molar-refractivity contribution is 5.78. The standard InChI is InChI=1S/C21H30N4O3/c1-6-17-11-25(10-16-9-18(27-5)7-8-20(16)28-17)13-21(26)22-14(2)19-12-24(4)23-15(19)3/h7-9,12,14,17H,6,10-11,13H2,1-5H3,(H,22,26). The Kier molecular flexibility index (Phi) is 6.24. The highest BCUT2D eigenvalue weighted by Gasteiger charge is 2.24. The fourth-order valence-corrected chi connectivity index (χ4v) is 3.68. The molecular formula is C21H30N4O3. The van der Waals surface area contributed by atoms with Gasteiger partial charge in [-0.15, -0.1) is 0 Å². The second-order valence-electron chi connectivity index (χ2n) is 7.42. The Morgan fingerprint density at radius 3 is 2.89 bits per heavy atom. The first kappa shape index (κ1) is 20.2. The van der Waals surface area contributed by atoms with Gasteiger partial charge in [-0.25, -0.2) is 0 Å². The molecule has 7 nitrogen and oxygen atoms in total. The summed E-state index contributed by atoms with van der Waals surface area (Å²) in [5, 5.41) is 7.45. The van der Waals surface area contributed by atoms with Crippen molar-refractivity contribution in [2.75, 3.05) is 20.2 Å². The lowest BCUT2D eigenvalue weighted by Gasteiger charge is -2.23. The number of ether oxygens (including phenoxy) is 2. The number of aromatic nitrogens is 2. The minimum Gasteiger partial charge on any atom is -0.497 e. The van der Waals surface area contributed by atoms with Gasteiger partial charge in [0.15, 0.2) is 0 Å². The van der Waals surface area contributed by atoms with Crippen LogP contribution in [0, 0.1) is 6.92 Å². The van der Waals surface area contributed by atoms with Gasteiger partial charge in [-0.2, -0.15) is 5.10 Å². The van der Waals surface area contributed by atoms with Gasteiger partial charge in [0.2, 0.25) is 5.91 Å². The SMILES string of the molecule is CCC1CN(CC(=O)NC(C)c2cn(C)nc2C)Cc2cc(OC)ccc2O1. The molecule has 1 aromatic carbocycles. The lowest BCUT2D eigenvalue weighted by Crippen LogP contribution is -2.41. The monoisotopic (exact) mass is 386 g/mol. The molecule has 0 bridgehead atoms. The van der Waals surface area contributed by atoms with Crippen molar-refractivity contribution < 1.29 is 14.3 Å². The lowest BCUT2D eigenvalue weighted by molar-refractivity contribution is -0.123. The maximum atomic E-state index is 12.7. The number of benzene rings is 1. The van der Waals surface area contributed by atoms with Crippen molar-refractivity contribution in [2.45, 2.75) is 45.9 Å². The molecule has 2 aromatic rings. The van der Waals surface area contributed by atoms with Crippen LogP contribution in [-0.4, -0.2) is 46.9 Å². The zero-order valence-electron chi connectivity index (χ0n) is 17.4. The summed E-state index contributed by atoms with van der Waals surface area (Å²) in [5.41, 5.74) is 3.02. The molecular weight excluding hydrogens is 356 g/mol. The summed E-state index contributed by atoms with van der Waals surface area (Å²) >= 11 is 0. The van der Waals surface area contributed by atoms with Crippen LogP contribution in [0.1, 0.15) is 43.1 Å². The van der Waals surface area contributed by atoms with Crippen LogP contribution < -0.4 is 14.8 Å². The van der Waals surface area contributed by atoms with Crippen molar-refractivity contribution >= 4 is 5.91 Å². The number of rotatable bonds is 6. The molecule has 1 N–H and O–H groups in total. The van der Waals surface area contributed by atoms with Crippen molar-refractivity contribution in [3.63, 3.8) is 0 Å². The predicted molar refractivity (Wildman–Crippen MR) is 107 cm³/mol. The molecule has 1 aliphatic rings. The van der Waals surface area contributed by atoms with Crippen LogP contribution in [0.25, 0.3) is 0 Å². The molecule has 0 saturated carbocycles. The fraction of sp³-hybridized carbons (Fsp3) is 0.524. The number of hydrogen-bond donors (Lipinski definition) is 1. The second kappa shape index (κ2) is 8.65. The second-order valence-corrected chi connectivity index (χ2v) is 7.42. The molecule has 152 valence electrons. The van der Waals surface area contributed by atoms with E-state index in [0.29, 0.717) is 19.6 Å². The van der Waals surface area contributed by atoms with Crippen molar-refractivity contribution in [3.8, 4) is 11.5 Å². The van der Waals surface area contributed by atoms with Crippen molar-refractivity contribution in [3.05, 3.63) is 41.2 Å². The number of carbonyl (C=O) groups is 1. The van der Waals surface area contributed by atoms with Gasteiger partial charge in [-0.05, 0) is 38.5 Å². The summed E-state index contributed by atoms with van der Waals surface area (Å²) in [6.07, 6.45) is 2.89. The number of carbonyl (C=O) groups excluding carboxylic acids is 1. The fourth-order valence-electron chi connectivity index (χ4n) is 3.68. The Labute approximate surface area is 166 Å². The molecule has 0 fully saturated rings. The molecule has 28 heavy (non-hydrogen) atoms. The Morgan fingerprint density at radius 2 is 2.25 bits per heavy atom. The molecule has 2 unspecified atom stereocenters. The van der Waals surface area contributed by atoms with Gasteiger partial charge in [0.25, 0.3) is 0 Å². The molecule has 1 aromatic heterocycles. The van der Waals surface area contributed by atoms with Crippen LogP contribution in [0.5, 0.6) is 11.5 Å². The smallest absolute Gasteiger partial charge is 0.234 e. The molecule has 2 atom stereocenters. The minimum atomic E-state index is -0.0845. The summed E-state index contributed by atoms with van der Waals surface area (Å²) in [5.74, 6) is 1.66. The van der Waals surface area contributed by atoms with Crippen LogP contribution in [0.4, 0.5) is 0 Å². The molecule has 1 aliphatic heterocycles. The van der Waals surface area contributed by atoms with Crippen LogP contribution in [-0.2, 0) is 18.4 Å². The predicted octanol–water partition coefficient (Wildman–Crippen LogP) is 2.59. The molecule has 1 amide bonds. The molecule has 0 radical (unpaired) electrons. The number of nitrogens with one attached hydrogen (secondary N) is 1. The normalized spacial score (nSPS) is 18.0. The Balaban J connectivity index is 1.69. The van der Waals surface area contributed by atoms with E-state index in [4.69, 9.17) is 9.47 Å². The average molecular weight is 386 g/mol. The van der Waals surface area contributed by atoms with E-state index in [1.165, 1.54) is 0 Å². The Bertz CT molecular complexity index is 833. The van der Waals surface area contributed by atoms with E-state index in [9.17, 15) is 4.79 Å². The van der Waals surface area contributed by atoms with E-state index >= 15 is 0 Å². The first-order valence-corrected chi connectivity index (χ1v) is 9.75. The van der Waals surface area contributed by atoms with Gasteiger partial charge >= 0.3 is 0 Å². The summed E-state index contributed by atoms with van der Waals surface area (Å²) < 4.78 is 13.3. The zero-order chi connectivity index (χ0) is 20.3. The van der Waals surface area contributed by atoms with Gasteiger partial charge in [0.05, 0.1) is 25.4 Å². The molecule has 2 heterocycles. The third-order valence-corrected chi connectivity index (χ3v) is 5.14. The average Bonchev–Trinajstić information content (AvgIpc) is 2.90. The minimum absolute atomic E-state index is 0.00282. The molecule has 0 spiro atoms. The maximum absolute atomic E-state index is 12.7. The van der Waals surface area contributed by atoms with E-state index in [1.807, 2.05) is 45.3 Å². The van der Waals surface area contributed by atoms with Gasteiger partial charge < -0.3 is 14.8 Å². The summed E-state index contributed by atoms with van der Waals surface area (Å²) in [6, 6.07) is 5.76. The number of nitrogens with zero attached hydrogens (tertiary/aromatic N) is 3. The van der Waals surface area contributed by atoms with E-state index < -0.39 is 0 Å². The van der Waals surface area contributed by atoms with Gasteiger partial charge in [0.1, 0.15) is 17.6 Å². The van der Waals surface area contributed by atoms with E-state index in [0.717, 1.165) is 34.7 Å². The summed E-state index contributed by atoms with van der Waals surface area (Å²) in [7, 11) is 3.54. The molecule has 0 aliphatic carbocycles. The number of methoxy groups -OCH3 is 1. The van der Waals surface area contributed by atoms with Crippen LogP contribution in [0.3, 0.4) is 0 Å². The number of hydrogen-bond acceptors (Lipinski definition) is 5. The third-order valence-electron chi connectivity index (χ3n) is 5.14. The number of amides is 1. The first-order chi connectivity index (χ1) is 13.4. The van der Waals surface area contributed by atoms with Crippen molar-refractivity contribution in [2.24, 2.45) is 7.05 Å². The largest absolute Gasteiger partial charge is 0.497 e. The number of aryl methyl sites for hydroxylation is 2. The van der Waals surface area contributed by atoms with Gasteiger partial charge in [-0.1, -0.05) is 6.92 Å². The van der Waals surface area contributed by atoms with Crippen LogP contribution in [0.15, 0.2) is 24.4 Å². The first-order valence-electron chi connectivity index (χ1n) is 9.75. The van der Waals surface area contributed by atoms with Crippen LogP contribution in [0.2, 0.25) is 0 Å². The molecule has 7 heteroatoms. The lowest BCUT2D eigenvalue weighted by atomic mass is 10.1.